The number of likely N-dealkylation sites (tertiary alicyclic amines) is 1. The zero-order chi connectivity index (χ0) is 17.9. The molecule has 0 N–H and O–H groups in total. The van der Waals surface area contributed by atoms with Crippen molar-refractivity contribution in [3.8, 4) is 0 Å². The lowest BCUT2D eigenvalue weighted by molar-refractivity contribution is 0.152. The van der Waals surface area contributed by atoms with Gasteiger partial charge in [0.05, 0.1) is 25.7 Å². The van der Waals surface area contributed by atoms with Gasteiger partial charge in [0, 0.05) is 30.6 Å². The Hall–Kier alpha value is -0.950. The van der Waals surface area contributed by atoms with Gasteiger partial charge in [-0.2, -0.15) is 5.10 Å². The zero-order valence-electron chi connectivity index (χ0n) is 15.1. The summed E-state index contributed by atoms with van der Waals surface area (Å²) in [5.41, 5.74) is 1.17. The van der Waals surface area contributed by atoms with E-state index >= 15 is 0 Å². The van der Waals surface area contributed by atoms with Crippen molar-refractivity contribution in [2.45, 2.75) is 59.2 Å². The summed E-state index contributed by atoms with van der Waals surface area (Å²) in [5, 5.41) is 4.24. The van der Waals surface area contributed by atoms with Crippen LogP contribution in [0.25, 0.3) is 0 Å². The standard InChI is InChI=1S/C13H23N3O2S.C2H6.CH3F/c1-12-5-3-4-6-15(12)10-13-9-14-16(11-13)7-8-19(2,17)18;2*1-2/h9,11-12H,3-8,10H2,1-2H3;1-2H3;1H3/t12-;;/m0../s1. The number of alkyl halides is 1. The fraction of sp³-hybridized carbons (Fsp3) is 0.812. The molecule has 0 saturated carbocycles. The van der Waals surface area contributed by atoms with Crippen LogP contribution in [-0.4, -0.2) is 54.9 Å². The van der Waals surface area contributed by atoms with Crippen LogP contribution in [0.15, 0.2) is 12.4 Å². The lowest BCUT2D eigenvalue weighted by Gasteiger charge is -2.32. The Bertz CT molecular complexity index is 517. The van der Waals surface area contributed by atoms with E-state index in [4.69, 9.17) is 0 Å². The molecule has 2 heterocycles. The van der Waals surface area contributed by atoms with Gasteiger partial charge in [-0.3, -0.25) is 14.0 Å². The quantitative estimate of drug-likeness (QED) is 0.820. The minimum Gasteiger partial charge on any atom is -0.296 e. The van der Waals surface area contributed by atoms with Crippen LogP contribution in [0.1, 0.15) is 45.6 Å². The lowest BCUT2D eigenvalue weighted by Crippen LogP contribution is -2.36. The van der Waals surface area contributed by atoms with Gasteiger partial charge in [0.2, 0.25) is 0 Å². The van der Waals surface area contributed by atoms with Crippen molar-refractivity contribution in [2.75, 3.05) is 25.7 Å². The van der Waals surface area contributed by atoms with E-state index in [2.05, 4.69) is 16.9 Å². The molecule has 1 saturated heterocycles. The van der Waals surface area contributed by atoms with Crippen molar-refractivity contribution >= 4 is 9.84 Å². The summed E-state index contributed by atoms with van der Waals surface area (Å²) in [6.07, 6.45) is 8.93. The number of aryl methyl sites for hydroxylation is 1. The highest BCUT2D eigenvalue weighted by Crippen LogP contribution is 2.18. The molecule has 1 aromatic rings. The summed E-state index contributed by atoms with van der Waals surface area (Å²) in [5.74, 6) is 0.147. The highest BCUT2D eigenvalue weighted by Gasteiger charge is 2.18. The smallest absolute Gasteiger partial charge is 0.149 e. The first-order valence-electron chi connectivity index (χ1n) is 8.25. The maximum atomic E-state index is 11.1. The van der Waals surface area contributed by atoms with Crippen LogP contribution in [0.5, 0.6) is 0 Å². The van der Waals surface area contributed by atoms with Crippen molar-refractivity contribution in [3.05, 3.63) is 18.0 Å². The number of halogens is 1. The normalized spacial score (nSPS) is 18.4. The van der Waals surface area contributed by atoms with Crippen molar-refractivity contribution in [3.63, 3.8) is 0 Å². The van der Waals surface area contributed by atoms with Gasteiger partial charge in [-0.05, 0) is 26.3 Å². The first-order chi connectivity index (χ1) is 10.9. The molecule has 23 heavy (non-hydrogen) atoms. The van der Waals surface area contributed by atoms with Crippen LogP contribution < -0.4 is 0 Å². The second kappa shape index (κ2) is 11.6. The molecule has 0 unspecified atom stereocenters. The van der Waals surface area contributed by atoms with Crippen LogP contribution in [-0.2, 0) is 22.9 Å². The van der Waals surface area contributed by atoms with Crippen molar-refractivity contribution in [1.82, 2.24) is 14.7 Å². The second-order valence-corrected chi connectivity index (χ2v) is 7.82. The fourth-order valence-corrected chi connectivity index (χ4v) is 3.02. The first kappa shape index (κ1) is 22.1. The molecule has 1 aliphatic rings. The molecule has 0 spiro atoms. The summed E-state index contributed by atoms with van der Waals surface area (Å²) >= 11 is 0. The molecular weight excluding hydrogens is 317 g/mol. The molecule has 1 fully saturated rings. The number of sulfone groups is 1. The average Bonchev–Trinajstić information content (AvgIpc) is 2.99. The van der Waals surface area contributed by atoms with E-state index < -0.39 is 9.84 Å². The zero-order valence-corrected chi connectivity index (χ0v) is 15.9. The summed E-state index contributed by atoms with van der Waals surface area (Å²) < 4.78 is 33.5. The molecular formula is C16H32FN3O2S. The molecule has 0 aromatic carbocycles. The van der Waals surface area contributed by atoms with Crippen LogP contribution in [0.3, 0.4) is 0 Å². The van der Waals surface area contributed by atoms with E-state index in [1.54, 1.807) is 4.68 Å². The van der Waals surface area contributed by atoms with Gasteiger partial charge in [-0.15, -0.1) is 0 Å². The van der Waals surface area contributed by atoms with Crippen LogP contribution in [0.4, 0.5) is 4.39 Å². The third kappa shape index (κ3) is 9.05. The lowest BCUT2D eigenvalue weighted by atomic mass is 10.0. The summed E-state index contributed by atoms with van der Waals surface area (Å²) in [4.78, 5) is 2.47. The summed E-state index contributed by atoms with van der Waals surface area (Å²) in [6, 6.07) is 0.633. The average molecular weight is 350 g/mol. The molecule has 1 aromatic heterocycles. The van der Waals surface area contributed by atoms with E-state index in [-0.39, 0.29) is 5.75 Å². The molecule has 136 valence electrons. The Balaban J connectivity index is 0.00000112. The monoisotopic (exact) mass is 349 g/mol. The fourth-order valence-electron chi connectivity index (χ4n) is 2.50. The van der Waals surface area contributed by atoms with Crippen LogP contribution in [0.2, 0.25) is 0 Å². The molecule has 2 rings (SSSR count). The number of rotatable bonds is 5. The molecule has 0 radical (unpaired) electrons. The molecule has 0 bridgehead atoms. The summed E-state index contributed by atoms with van der Waals surface area (Å²) in [6.45, 7) is 8.78. The topological polar surface area (TPSA) is 55.2 Å². The predicted octanol–water partition coefficient (Wildman–Crippen LogP) is 2.91. The van der Waals surface area contributed by atoms with E-state index in [1.165, 1.54) is 31.1 Å². The molecule has 7 heteroatoms. The van der Waals surface area contributed by atoms with Gasteiger partial charge in [0.25, 0.3) is 0 Å². The molecule has 1 aliphatic heterocycles. The molecule has 0 aliphatic carbocycles. The highest BCUT2D eigenvalue weighted by atomic mass is 32.2. The largest absolute Gasteiger partial charge is 0.296 e. The van der Waals surface area contributed by atoms with E-state index in [0.29, 0.717) is 19.8 Å². The predicted molar refractivity (Wildman–Crippen MR) is 94.0 cm³/mol. The Labute approximate surface area is 140 Å². The van der Waals surface area contributed by atoms with Gasteiger partial charge >= 0.3 is 0 Å². The number of aromatic nitrogens is 2. The van der Waals surface area contributed by atoms with Gasteiger partial charge in [-0.25, -0.2) is 8.42 Å². The van der Waals surface area contributed by atoms with Crippen molar-refractivity contribution < 1.29 is 12.8 Å². The SMILES string of the molecule is CC.CF.C[C@H]1CCCCN1Cc1cnn(CCS(C)(=O)=O)c1. The Kier molecular flexibility index (Phi) is 11.1. The summed E-state index contributed by atoms with van der Waals surface area (Å²) in [7, 11) is -2.42. The molecule has 0 amide bonds. The minimum absolute atomic E-state index is 0.147. The van der Waals surface area contributed by atoms with Gasteiger partial charge in [0.15, 0.2) is 0 Å². The minimum atomic E-state index is -2.92. The third-order valence-corrected chi connectivity index (χ3v) is 4.63. The van der Waals surface area contributed by atoms with Gasteiger partial charge < -0.3 is 0 Å². The van der Waals surface area contributed by atoms with Crippen LogP contribution >= 0.6 is 0 Å². The number of nitrogens with zero attached hydrogens (tertiary/aromatic N) is 3. The van der Waals surface area contributed by atoms with Gasteiger partial charge in [-0.1, -0.05) is 20.3 Å². The van der Waals surface area contributed by atoms with E-state index in [1.807, 2.05) is 26.2 Å². The van der Waals surface area contributed by atoms with E-state index in [9.17, 15) is 12.8 Å². The van der Waals surface area contributed by atoms with Crippen LogP contribution in [0, 0.1) is 0 Å². The van der Waals surface area contributed by atoms with Crippen molar-refractivity contribution in [2.24, 2.45) is 0 Å². The number of piperidine rings is 1. The highest BCUT2D eigenvalue weighted by molar-refractivity contribution is 7.90. The number of hydrogen-bond acceptors (Lipinski definition) is 4. The third-order valence-electron chi connectivity index (χ3n) is 3.70. The molecule has 5 nitrogen and oxygen atoms in total. The maximum Gasteiger partial charge on any atom is 0.149 e. The molecule has 1 atom stereocenters. The van der Waals surface area contributed by atoms with Gasteiger partial charge in [0.1, 0.15) is 9.84 Å². The second-order valence-electron chi connectivity index (χ2n) is 5.56. The Morgan fingerprint density at radius 2 is 1.96 bits per heavy atom. The maximum absolute atomic E-state index is 11.1. The number of hydrogen-bond donors (Lipinski definition) is 0. The van der Waals surface area contributed by atoms with Crippen molar-refractivity contribution in [1.29, 1.82) is 0 Å². The van der Waals surface area contributed by atoms with E-state index in [0.717, 1.165) is 13.1 Å². The Morgan fingerprint density at radius 1 is 1.30 bits per heavy atom. The Morgan fingerprint density at radius 3 is 2.52 bits per heavy atom. The first-order valence-corrected chi connectivity index (χ1v) is 10.3.